The number of benzene rings is 2. The molecule has 0 amide bonds. The van der Waals surface area contributed by atoms with E-state index in [0.29, 0.717) is 28.7 Å². The standard InChI is InChI=1S/C21H20N4O4/c1-27-17-10-13(11-18(28-2)19(17)29-3)16-12-23-21-20(22-8-9-25(16)21)24-14-4-6-15(26)7-5-14/h4-12,26H,1-3H3,(H,22,24). The van der Waals surface area contributed by atoms with Gasteiger partial charge in [-0.1, -0.05) is 0 Å². The molecule has 148 valence electrons. The number of methoxy groups -OCH3 is 3. The summed E-state index contributed by atoms with van der Waals surface area (Å²) in [5.41, 5.74) is 3.15. The molecule has 0 aliphatic rings. The zero-order chi connectivity index (χ0) is 20.4. The first-order valence-electron chi connectivity index (χ1n) is 8.83. The van der Waals surface area contributed by atoms with Gasteiger partial charge in [0.1, 0.15) is 5.75 Å². The minimum Gasteiger partial charge on any atom is -0.508 e. The SMILES string of the molecule is COc1cc(-c2cnc3c(Nc4ccc(O)cc4)nccn23)cc(OC)c1OC. The topological polar surface area (TPSA) is 90.1 Å². The average molecular weight is 392 g/mol. The number of nitrogens with zero attached hydrogens (tertiary/aromatic N) is 3. The van der Waals surface area contributed by atoms with E-state index in [9.17, 15) is 5.11 Å². The molecule has 2 heterocycles. The lowest BCUT2D eigenvalue weighted by Crippen LogP contribution is -1.99. The van der Waals surface area contributed by atoms with Crippen LogP contribution < -0.4 is 19.5 Å². The number of imidazole rings is 1. The molecule has 4 rings (SSSR count). The van der Waals surface area contributed by atoms with Crippen molar-refractivity contribution in [2.45, 2.75) is 0 Å². The van der Waals surface area contributed by atoms with Gasteiger partial charge in [0.2, 0.25) is 5.75 Å². The summed E-state index contributed by atoms with van der Waals surface area (Å²) < 4.78 is 18.3. The second kappa shape index (κ2) is 7.59. The van der Waals surface area contributed by atoms with Crippen molar-refractivity contribution in [3.05, 3.63) is 55.0 Å². The quantitative estimate of drug-likeness (QED) is 0.481. The predicted octanol–water partition coefficient (Wildman–Crippen LogP) is 3.87. The van der Waals surface area contributed by atoms with Crippen LogP contribution in [0.2, 0.25) is 0 Å². The number of ether oxygens (including phenoxy) is 3. The van der Waals surface area contributed by atoms with Gasteiger partial charge in [0.15, 0.2) is 23.0 Å². The van der Waals surface area contributed by atoms with Crippen LogP contribution in [0.5, 0.6) is 23.0 Å². The monoisotopic (exact) mass is 392 g/mol. The van der Waals surface area contributed by atoms with Gasteiger partial charge in [-0.15, -0.1) is 0 Å². The summed E-state index contributed by atoms with van der Waals surface area (Å²) in [4.78, 5) is 8.94. The number of hydrogen-bond acceptors (Lipinski definition) is 7. The average Bonchev–Trinajstić information content (AvgIpc) is 3.19. The molecule has 4 aromatic rings. The molecule has 0 unspecified atom stereocenters. The van der Waals surface area contributed by atoms with Crippen LogP contribution in [0.3, 0.4) is 0 Å². The number of rotatable bonds is 6. The summed E-state index contributed by atoms with van der Waals surface area (Å²) >= 11 is 0. The van der Waals surface area contributed by atoms with Crippen LogP contribution in [0.15, 0.2) is 55.0 Å². The van der Waals surface area contributed by atoms with E-state index in [1.54, 1.807) is 58.0 Å². The van der Waals surface area contributed by atoms with E-state index in [1.165, 1.54) is 0 Å². The van der Waals surface area contributed by atoms with Gasteiger partial charge in [-0.25, -0.2) is 9.97 Å². The summed E-state index contributed by atoms with van der Waals surface area (Å²) in [6.07, 6.45) is 5.29. The number of aromatic nitrogens is 3. The predicted molar refractivity (Wildman–Crippen MR) is 109 cm³/mol. The van der Waals surface area contributed by atoms with Gasteiger partial charge in [-0.2, -0.15) is 0 Å². The molecule has 0 fully saturated rings. The molecule has 0 saturated carbocycles. The van der Waals surface area contributed by atoms with Crippen LogP contribution in [0.25, 0.3) is 16.9 Å². The Labute approximate surface area is 167 Å². The lowest BCUT2D eigenvalue weighted by Gasteiger charge is -2.14. The number of fused-ring (bicyclic) bond motifs is 1. The van der Waals surface area contributed by atoms with Gasteiger partial charge in [0.05, 0.1) is 33.2 Å². The number of hydrogen-bond donors (Lipinski definition) is 2. The van der Waals surface area contributed by atoms with Gasteiger partial charge >= 0.3 is 0 Å². The highest BCUT2D eigenvalue weighted by atomic mass is 16.5. The van der Waals surface area contributed by atoms with Crippen LogP contribution in [0.1, 0.15) is 0 Å². The molecule has 2 N–H and O–H groups in total. The maximum atomic E-state index is 9.46. The number of nitrogens with one attached hydrogen (secondary N) is 1. The Morgan fingerprint density at radius 3 is 2.24 bits per heavy atom. The first kappa shape index (κ1) is 18.4. The molecular formula is C21H20N4O4. The molecule has 0 aliphatic carbocycles. The molecule has 2 aromatic carbocycles. The number of aromatic hydroxyl groups is 1. The van der Waals surface area contributed by atoms with Gasteiger partial charge in [0.25, 0.3) is 0 Å². The van der Waals surface area contributed by atoms with Crippen molar-refractivity contribution in [3.8, 4) is 34.3 Å². The minimum absolute atomic E-state index is 0.201. The maximum absolute atomic E-state index is 9.46. The fraction of sp³-hybridized carbons (Fsp3) is 0.143. The van der Waals surface area contributed by atoms with Crippen molar-refractivity contribution >= 4 is 17.2 Å². The second-order valence-corrected chi connectivity index (χ2v) is 6.20. The zero-order valence-electron chi connectivity index (χ0n) is 16.2. The van der Waals surface area contributed by atoms with Crippen LogP contribution in [-0.4, -0.2) is 40.8 Å². The molecule has 8 heteroatoms. The number of anilines is 2. The Morgan fingerprint density at radius 2 is 1.62 bits per heavy atom. The first-order valence-corrected chi connectivity index (χ1v) is 8.83. The molecule has 0 radical (unpaired) electrons. The summed E-state index contributed by atoms with van der Waals surface area (Å²) in [5.74, 6) is 2.45. The van der Waals surface area contributed by atoms with Crippen molar-refractivity contribution in [3.63, 3.8) is 0 Å². The normalized spacial score (nSPS) is 10.7. The third-order valence-corrected chi connectivity index (χ3v) is 4.52. The Balaban J connectivity index is 1.79. The van der Waals surface area contributed by atoms with Crippen molar-refractivity contribution in [2.24, 2.45) is 0 Å². The third-order valence-electron chi connectivity index (χ3n) is 4.52. The Kier molecular flexibility index (Phi) is 4.82. The number of phenols is 1. The van der Waals surface area contributed by atoms with Crippen molar-refractivity contribution in [1.82, 2.24) is 14.4 Å². The molecule has 0 spiro atoms. The van der Waals surface area contributed by atoms with Gasteiger partial charge in [0, 0.05) is 23.6 Å². The molecule has 29 heavy (non-hydrogen) atoms. The summed E-state index contributed by atoms with van der Waals surface area (Å²) in [6, 6.07) is 10.5. The van der Waals surface area contributed by atoms with Crippen LogP contribution in [0.4, 0.5) is 11.5 Å². The lowest BCUT2D eigenvalue weighted by atomic mass is 10.1. The highest BCUT2D eigenvalue weighted by molar-refractivity contribution is 5.76. The van der Waals surface area contributed by atoms with E-state index in [0.717, 1.165) is 16.9 Å². The van der Waals surface area contributed by atoms with Crippen LogP contribution in [-0.2, 0) is 0 Å². The molecule has 0 atom stereocenters. The van der Waals surface area contributed by atoms with Crippen molar-refractivity contribution in [2.75, 3.05) is 26.6 Å². The van der Waals surface area contributed by atoms with E-state index < -0.39 is 0 Å². The number of phenolic OH excluding ortho intramolecular Hbond substituents is 1. The van der Waals surface area contributed by atoms with Gasteiger partial charge in [-0.05, 0) is 36.4 Å². The van der Waals surface area contributed by atoms with Crippen LogP contribution >= 0.6 is 0 Å². The lowest BCUT2D eigenvalue weighted by molar-refractivity contribution is 0.324. The zero-order valence-corrected chi connectivity index (χ0v) is 16.2. The highest BCUT2D eigenvalue weighted by Crippen LogP contribution is 2.41. The highest BCUT2D eigenvalue weighted by Gasteiger charge is 2.17. The summed E-state index contributed by atoms with van der Waals surface area (Å²) in [7, 11) is 4.74. The third kappa shape index (κ3) is 3.36. The van der Waals surface area contributed by atoms with Crippen molar-refractivity contribution in [1.29, 1.82) is 0 Å². The van der Waals surface area contributed by atoms with E-state index in [2.05, 4.69) is 15.3 Å². The molecule has 0 saturated heterocycles. The summed E-state index contributed by atoms with van der Waals surface area (Å²) in [5, 5.41) is 12.7. The minimum atomic E-state index is 0.201. The molecule has 0 bridgehead atoms. The molecule has 8 nitrogen and oxygen atoms in total. The fourth-order valence-corrected chi connectivity index (χ4v) is 3.13. The van der Waals surface area contributed by atoms with E-state index >= 15 is 0 Å². The van der Waals surface area contributed by atoms with E-state index in [4.69, 9.17) is 14.2 Å². The molecule has 0 aliphatic heterocycles. The van der Waals surface area contributed by atoms with E-state index in [-0.39, 0.29) is 5.75 Å². The maximum Gasteiger partial charge on any atom is 0.203 e. The van der Waals surface area contributed by atoms with Gasteiger partial charge in [-0.3, -0.25) is 4.40 Å². The van der Waals surface area contributed by atoms with E-state index in [1.807, 2.05) is 22.7 Å². The Bertz CT molecular complexity index is 1130. The first-order chi connectivity index (χ1) is 14.1. The molecule has 2 aromatic heterocycles. The molecular weight excluding hydrogens is 372 g/mol. The Morgan fingerprint density at radius 1 is 0.931 bits per heavy atom. The smallest absolute Gasteiger partial charge is 0.203 e. The second-order valence-electron chi connectivity index (χ2n) is 6.20. The van der Waals surface area contributed by atoms with Crippen molar-refractivity contribution < 1.29 is 19.3 Å². The largest absolute Gasteiger partial charge is 0.508 e. The fourth-order valence-electron chi connectivity index (χ4n) is 3.13. The Hall–Kier alpha value is -3.94. The summed E-state index contributed by atoms with van der Waals surface area (Å²) in [6.45, 7) is 0. The van der Waals surface area contributed by atoms with Crippen LogP contribution in [0, 0.1) is 0 Å². The van der Waals surface area contributed by atoms with Gasteiger partial charge < -0.3 is 24.6 Å².